The number of carboxylic acids is 1. The summed E-state index contributed by atoms with van der Waals surface area (Å²) in [5, 5.41) is 19.7. The number of rotatable bonds is 6. The van der Waals surface area contributed by atoms with E-state index < -0.39 is 17.0 Å². The molecule has 1 unspecified atom stereocenters. The molecule has 1 atom stereocenters. The first-order valence-electron chi connectivity index (χ1n) is 5.09. The average molecular weight is 255 g/mol. The Morgan fingerprint density at radius 1 is 1.56 bits per heavy atom. The van der Waals surface area contributed by atoms with E-state index in [2.05, 4.69) is 0 Å². The van der Waals surface area contributed by atoms with Gasteiger partial charge < -0.3 is 14.6 Å². The number of aryl methyl sites for hydroxylation is 1. The van der Waals surface area contributed by atoms with Crippen LogP contribution >= 0.6 is 0 Å². The SMILES string of the molecule is COCC(Oc1c(C)cccc1[N+](=O)[O-])C(=O)O. The van der Waals surface area contributed by atoms with E-state index in [1.165, 1.54) is 19.2 Å². The Morgan fingerprint density at radius 3 is 2.72 bits per heavy atom. The third-order valence-electron chi connectivity index (χ3n) is 2.24. The number of nitro benzene ring substituents is 1. The molecule has 98 valence electrons. The van der Waals surface area contributed by atoms with Gasteiger partial charge in [-0.1, -0.05) is 12.1 Å². The fourth-order valence-corrected chi connectivity index (χ4v) is 1.38. The fraction of sp³-hybridized carbons (Fsp3) is 0.364. The molecule has 7 nitrogen and oxygen atoms in total. The van der Waals surface area contributed by atoms with Crippen LogP contribution in [0, 0.1) is 17.0 Å². The lowest BCUT2D eigenvalue weighted by molar-refractivity contribution is -0.386. The van der Waals surface area contributed by atoms with E-state index in [0.29, 0.717) is 5.56 Å². The minimum absolute atomic E-state index is 0.0491. The molecule has 0 aliphatic heterocycles. The highest BCUT2D eigenvalue weighted by Crippen LogP contribution is 2.31. The molecular weight excluding hydrogens is 242 g/mol. The van der Waals surface area contributed by atoms with E-state index in [1.807, 2.05) is 0 Å². The minimum Gasteiger partial charge on any atom is -0.478 e. The number of hydrogen-bond donors (Lipinski definition) is 1. The van der Waals surface area contributed by atoms with Crippen LogP contribution in [0.1, 0.15) is 5.56 Å². The molecule has 0 spiro atoms. The number of methoxy groups -OCH3 is 1. The summed E-state index contributed by atoms with van der Waals surface area (Å²) in [4.78, 5) is 21.1. The maximum Gasteiger partial charge on any atom is 0.347 e. The zero-order valence-corrected chi connectivity index (χ0v) is 9.95. The van der Waals surface area contributed by atoms with Crippen LogP contribution in [-0.4, -0.2) is 35.8 Å². The summed E-state index contributed by atoms with van der Waals surface area (Å²) in [7, 11) is 1.32. The fourth-order valence-electron chi connectivity index (χ4n) is 1.38. The molecule has 0 amide bonds. The van der Waals surface area contributed by atoms with Crippen LogP contribution in [0.15, 0.2) is 18.2 Å². The predicted octanol–water partition coefficient (Wildman–Crippen LogP) is 1.38. The van der Waals surface area contributed by atoms with E-state index in [4.69, 9.17) is 14.6 Å². The summed E-state index contributed by atoms with van der Waals surface area (Å²) in [6.45, 7) is 1.41. The van der Waals surface area contributed by atoms with E-state index in [1.54, 1.807) is 13.0 Å². The third-order valence-corrected chi connectivity index (χ3v) is 2.24. The number of hydrogen-bond acceptors (Lipinski definition) is 5. The van der Waals surface area contributed by atoms with Crippen LogP contribution in [0.5, 0.6) is 5.75 Å². The number of ether oxygens (including phenoxy) is 2. The average Bonchev–Trinajstić information content (AvgIpc) is 2.30. The third kappa shape index (κ3) is 3.17. The van der Waals surface area contributed by atoms with Crippen molar-refractivity contribution in [2.24, 2.45) is 0 Å². The first-order chi connectivity index (χ1) is 8.47. The molecule has 1 N–H and O–H groups in total. The molecule has 18 heavy (non-hydrogen) atoms. The Balaban J connectivity index is 3.08. The van der Waals surface area contributed by atoms with Gasteiger partial charge in [0, 0.05) is 13.2 Å². The molecule has 1 aromatic rings. The van der Waals surface area contributed by atoms with Crippen LogP contribution in [0.2, 0.25) is 0 Å². The van der Waals surface area contributed by atoms with Crippen LogP contribution in [0.25, 0.3) is 0 Å². The quantitative estimate of drug-likeness (QED) is 0.609. The predicted molar refractivity (Wildman–Crippen MR) is 61.8 cm³/mol. The van der Waals surface area contributed by atoms with Crippen molar-refractivity contribution >= 4 is 11.7 Å². The van der Waals surface area contributed by atoms with Crippen molar-refractivity contribution in [2.75, 3.05) is 13.7 Å². The number of nitro groups is 1. The van der Waals surface area contributed by atoms with E-state index in [-0.39, 0.29) is 18.0 Å². The zero-order valence-electron chi connectivity index (χ0n) is 9.95. The molecule has 0 saturated carbocycles. The lowest BCUT2D eigenvalue weighted by Gasteiger charge is -2.15. The van der Waals surface area contributed by atoms with Gasteiger partial charge in [0.2, 0.25) is 11.9 Å². The molecule has 0 heterocycles. The van der Waals surface area contributed by atoms with Crippen molar-refractivity contribution in [2.45, 2.75) is 13.0 Å². The first kappa shape index (κ1) is 13.9. The topological polar surface area (TPSA) is 98.9 Å². The number of carbonyl (C=O) groups is 1. The van der Waals surface area contributed by atoms with Gasteiger partial charge in [-0.2, -0.15) is 0 Å². The minimum atomic E-state index is -1.28. The summed E-state index contributed by atoms with van der Waals surface area (Å²) in [6, 6.07) is 4.37. The normalized spacial score (nSPS) is 11.9. The van der Waals surface area contributed by atoms with Crippen molar-refractivity contribution in [3.8, 4) is 5.75 Å². The lowest BCUT2D eigenvalue weighted by Crippen LogP contribution is -2.32. The monoisotopic (exact) mass is 255 g/mol. The van der Waals surface area contributed by atoms with Crippen LogP contribution < -0.4 is 4.74 Å². The second-order valence-electron chi connectivity index (χ2n) is 3.58. The Labute approximate surface area is 103 Å². The van der Waals surface area contributed by atoms with Gasteiger partial charge in [0.15, 0.2) is 0 Å². The largest absolute Gasteiger partial charge is 0.478 e. The van der Waals surface area contributed by atoms with Crippen molar-refractivity contribution in [1.82, 2.24) is 0 Å². The smallest absolute Gasteiger partial charge is 0.347 e. The second-order valence-corrected chi connectivity index (χ2v) is 3.58. The molecular formula is C11H13NO6. The highest BCUT2D eigenvalue weighted by molar-refractivity contribution is 5.73. The lowest BCUT2D eigenvalue weighted by atomic mass is 10.2. The van der Waals surface area contributed by atoms with Gasteiger partial charge >= 0.3 is 11.7 Å². The van der Waals surface area contributed by atoms with Crippen molar-refractivity contribution in [3.05, 3.63) is 33.9 Å². The first-order valence-corrected chi connectivity index (χ1v) is 5.09. The van der Waals surface area contributed by atoms with E-state index in [9.17, 15) is 14.9 Å². The van der Waals surface area contributed by atoms with Crippen LogP contribution in [0.3, 0.4) is 0 Å². The van der Waals surface area contributed by atoms with Gasteiger partial charge in [0.1, 0.15) is 0 Å². The van der Waals surface area contributed by atoms with Crippen molar-refractivity contribution in [1.29, 1.82) is 0 Å². The highest BCUT2D eigenvalue weighted by atomic mass is 16.6. The summed E-state index contributed by atoms with van der Waals surface area (Å²) in [6.07, 6.45) is -1.28. The number of nitrogens with zero attached hydrogens (tertiary/aromatic N) is 1. The molecule has 0 saturated heterocycles. The van der Waals surface area contributed by atoms with Crippen molar-refractivity contribution in [3.63, 3.8) is 0 Å². The maximum atomic E-state index is 10.9. The maximum absolute atomic E-state index is 10.9. The van der Waals surface area contributed by atoms with Gasteiger partial charge in [-0.05, 0) is 12.5 Å². The van der Waals surface area contributed by atoms with Gasteiger partial charge in [0.05, 0.1) is 11.5 Å². The Hall–Kier alpha value is -2.15. The molecule has 1 aromatic carbocycles. The number of para-hydroxylation sites is 1. The van der Waals surface area contributed by atoms with Crippen molar-refractivity contribution < 1.29 is 24.3 Å². The second kappa shape index (κ2) is 5.97. The molecule has 0 radical (unpaired) electrons. The van der Waals surface area contributed by atoms with Gasteiger partial charge in [0.25, 0.3) is 0 Å². The van der Waals surface area contributed by atoms with E-state index in [0.717, 1.165) is 0 Å². The molecule has 0 fully saturated rings. The highest BCUT2D eigenvalue weighted by Gasteiger charge is 2.25. The summed E-state index contributed by atoms with van der Waals surface area (Å²) in [5.41, 5.74) is 0.226. The summed E-state index contributed by atoms with van der Waals surface area (Å²) in [5.74, 6) is -1.29. The standard InChI is InChI=1S/C11H13NO6/c1-7-4-3-5-8(12(15)16)10(7)18-9(6-17-2)11(13)14/h3-5,9H,6H2,1-2H3,(H,13,14). The molecule has 0 bridgehead atoms. The summed E-state index contributed by atoms with van der Waals surface area (Å²) >= 11 is 0. The summed E-state index contributed by atoms with van der Waals surface area (Å²) < 4.78 is 9.88. The number of carboxylic acid groups (broad SMARTS) is 1. The molecule has 0 aliphatic carbocycles. The van der Waals surface area contributed by atoms with Gasteiger partial charge in [-0.3, -0.25) is 10.1 Å². The van der Waals surface area contributed by atoms with Crippen LogP contribution in [-0.2, 0) is 9.53 Å². The Bertz CT molecular complexity index is 459. The van der Waals surface area contributed by atoms with E-state index >= 15 is 0 Å². The molecule has 7 heteroatoms. The molecule has 1 rings (SSSR count). The molecule has 0 aliphatic rings. The number of aliphatic carboxylic acids is 1. The Kier molecular flexibility index (Phi) is 4.61. The number of benzene rings is 1. The van der Waals surface area contributed by atoms with Gasteiger partial charge in [-0.25, -0.2) is 4.79 Å². The molecule has 0 aromatic heterocycles. The van der Waals surface area contributed by atoms with Crippen LogP contribution in [0.4, 0.5) is 5.69 Å². The zero-order chi connectivity index (χ0) is 13.7. The van der Waals surface area contributed by atoms with Gasteiger partial charge in [-0.15, -0.1) is 0 Å². The Morgan fingerprint density at radius 2 is 2.22 bits per heavy atom.